The van der Waals surface area contributed by atoms with Crippen molar-refractivity contribution in [3.63, 3.8) is 0 Å². The molecule has 0 aliphatic heterocycles. The van der Waals surface area contributed by atoms with E-state index >= 15 is 0 Å². The van der Waals surface area contributed by atoms with Gasteiger partial charge >= 0.3 is 0 Å². The summed E-state index contributed by atoms with van der Waals surface area (Å²) < 4.78 is 0. The molecule has 2 saturated carbocycles. The zero-order chi connectivity index (χ0) is 12.5. The predicted molar refractivity (Wildman–Crippen MR) is 73.5 cm³/mol. The molecule has 2 heteroatoms. The highest BCUT2D eigenvalue weighted by atomic mass is 16.3. The van der Waals surface area contributed by atoms with Gasteiger partial charge in [0.05, 0.1) is 0 Å². The first-order valence-corrected chi connectivity index (χ1v) is 7.22. The summed E-state index contributed by atoms with van der Waals surface area (Å²) in [7, 11) is 0. The van der Waals surface area contributed by atoms with Crippen LogP contribution in [-0.4, -0.2) is 11.7 Å². The fourth-order valence-electron chi connectivity index (χ4n) is 3.88. The van der Waals surface area contributed by atoms with Crippen LogP contribution >= 0.6 is 0 Å². The van der Waals surface area contributed by atoms with E-state index in [1.807, 2.05) is 25.1 Å². The molecular formula is C16H23NO. The van der Waals surface area contributed by atoms with Crippen molar-refractivity contribution in [2.45, 2.75) is 39.2 Å². The number of rotatable bonds is 4. The van der Waals surface area contributed by atoms with E-state index in [1.54, 1.807) is 0 Å². The topological polar surface area (TPSA) is 32.3 Å². The second kappa shape index (κ2) is 4.93. The van der Waals surface area contributed by atoms with Gasteiger partial charge in [-0.15, -0.1) is 0 Å². The Hall–Kier alpha value is -1.02. The number of nitrogens with one attached hydrogen (secondary N) is 1. The number of phenols is 1. The molecule has 0 saturated heterocycles. The van der Waals surface area contributed by atoms with Crippen LogP contribution in [-0.2, 0) is 6.54 Å². The summed E-state index contributed by atoms with van der Waals surface area (Å²) in [6, 6.07) is 5.98. The summed E-state index contributed by atoms with van der Waals surface area (Å²) in [5.41, 5.74) is 1.99. The zero-order valence-electron chi connectivity index (χ0n) is 11.2. The number of benzene rings is 1. The number of phenolic OH excluding ortho intramolecular Hbond substituents is 1. The monoisotopic (exact) mass is 245 g/mol. The van der Waals surface area contributed by atoms with Crippen LogP contribution in [0.4, 0.5) is 0 Å². The Kier molecular flexibility index (Phi) is 3.29. The van der Waals surface area contributed by atoms with Gasteiger partial charge in [-0.25, -0.2) is 0 Å². The van der Waals surface area contributed by atoms with Gasteiger partial charge in [0.15, 0.2) is 0 Å². The molecule has 3 rings (SSSR count). The first kappa shape index (κ1) is 12.0. The van der Waals surface area contributed by atoms with Gasteiger partial charge in [-0.3, -0.25) is 0 Å². The highest BCUT2D eigenvalue weighted by Crippen LogP contribution is 2.47. The average Bonchev–Trinajstić information content (AvgIpc) is 2.97. The largest absolute Gasteiger partial charge is 0.507 e. The molecule has 3 atom stereocenters. The molecule has 0 amide bonds. The van der Waals surface area contributed by atoms with Crippen molar-refractivity contribution in [1.29, 1.82) is 0 Å². The molecule has 0 radical (unpaired) electrons. The van der Waals surface area contributed by atoms with Gasteiger partial charge in [-0.2, -0.15) is 0 Å². The summed E-state index contributed by atoms with van der Waals surface area (Å²) in [6.07, 6.45) is 5.83. The Morgan fingerprint density at radius 2 is 2.17 bits per heavy atom. The van der Waals surface area contributed by atoms with Crippen LogP contribution in [0.3, 0.4) is 0 Å². The molecule has 0 aromatic heterocycles. The minimum absolute atomic E-state index is 0.456. The van der Waals surface area contributed by atoms with Crippen LogP contribution in [0.25, 0.3) is 0 Å². The van der Waals surface area contributed by atoms with Gasteiger partial charge in [0.2, 0.25) is 0 Å². The summed E-state index contributed by atoms with van der Waals surface area (Å²) in [5, 5.41) is 13.5. The van der Waals surface area contributed by atoms with Crippen molar-refractivity contribution in [3.05, 3.63) is 29.3 Å². The molecule has 2 aliphatic carbocycles. The van der Waals surface area contributed by atoms with E-state index in [-0.39, 0.29) is 0 Å². The van der Waals surface area contributed by atoms with Crippen LogP contribution in [0, 0.1) is 24.7 Å². The highest BCUT2D eigenvalue weighted by Gasteiger charge is 2.38. The average molecular weight is 245 g/mol. The lowest BCUT2D eigenvalue weighted by atomic mass is 9.89. The number of para-hydroxylation sites is 1. The van der Waals surface area contributed by atoms with Crippen LogP contribution < -0.4 is 5.32 Å². The van der Waals surface area contributed by atoms with E-state index in [0.29, 0.717) is 5.75 Å². The zero-order valence-corrected chi connectivity index (χ0v) is 11.2. The van der Waals surface area contributed by atoms with Crippen molar-refractivity contribution in [3.8, 4) is 5.75 Å². The Bertz CT molecular complexity index is 429. The van der Waals surface area contributed by atoms with E-state index in [2.05, 4.69) is 5.32 Å². The third kappa shape index (κ3) is 2.26. The molecule has 1 aromatic carbocycles. The second-order valence-corrected chi connectivity index (χ2v) is 6.15. The smallest absolute Gasteiger partial charge is 0.122 e. The second-order valence-electron chi connectivity index (χ2n) is 6.15. The fraction of sp³-hybridized carbons (Fsp3) is 0.625. The first-order valence-electron chi connectivity index (χ1n) is 7.22. The van der Waals surface area contributed by atoms with Crippen LogP contribution in [0.2, 0.25) is 0 Å². The van der Waals surface area contributed by atoms with Crippen molar-refractivity contribution in [2.24, 2.45) is 17.8 Å². The molecule has 2 aliphatic rings. The molecule has 0 spiro atoms. The summed E-state index contributed by atoms with van der Waals surface area (Å²) >= 11 is 0. The van der Waals surface area contributed by atoms with E-state index in [0.717, 1.165) is 42.0 Å². The number of aryl methyl sites for hydroxylation is 1. The molecule has 3 unspecified atom stereocenters. The molecule has 2 N–H and O–H groups in total. The van der Waals surface area contributed by atoms with Crippen LogP contribution in [0.1, 0.15) is 36.8 Å². The van der Waals surface area contributed by atoms with Gasteiger partial charge in [-0.1, -0.05) is 24.6 Å². The first-order chi connectivity index (χ1) is 8.74. The molecule has 2 fully saturated rings. The van der Waals surface area contributed by atoms with E-state index in [4.69, 9.17) is 0 Å². The fourth-order valence-corrected chi connectivity index (χ4v) is 3.88. The SMILES string of the molecule is Cc1cccc(CNCC2CC3CCC2C3)c1O. The normalized spacial score (nSPS) is 29.9. The van der Waals surface area contributed by atoms with Crippen molar-refractivity contribution in [1.82, 2.24) is 5.32 Å². The van der Waals surface area contributed by atoms with E-state index < -0.39 is 0 Å². The molecule has 2 nitrogen and oxygen atoms in total. The van der Waals surface area contributed by atoms with Crippen LogP contribution in [0.15, 0.2) is 18.2 Å². The number of hydrogen-bond acceptors (Lipinski definition) is 2. The molecular weight excluding hydrogens is 222 g/mol. The van der Waals surface area contributed by atoms with Gasteiger partial charge in [-0.05, 0) is 56.0 Å². The number of hydrogen-bond donors (Lipinski definition) is 2. The molecule has 2 bridgehead atoms. The maximum absolute atomic E-state index is 9.95. The predicted octanol–water partition coefficient (Wildman–Crippen LogP) is 3.23. The standard InChI is InChI=1S/C16H23NO/c1-11-3-2-4-14(16(11)18)9-17-10-15-8-12-5-6-13(15)7-12/h2-4,12-13,15,17-18H,5-10H2,1H3. The minimum Gasteiger partial charge on any atom is -0.507 e. The number of aromatic hydroxyl groups is 1. The van der Waals surface area contributed by atoms with Gasteiger partial charge < -0.3 is 10.4 Å². The highest BCUT2D eigenvalue weighted by molar-refractivity contribution is 5.39. The third-order valence-electron chi connectivity index (χ3n) is 4.93. The third-order valence-corrected chi connectivity index (χ3v) is 4.93. The van der Waals surface area contributed by atoms with E-state index in [9.17, 15) is 5.11 Å². The Labute approximate surface area is 109 Å². The summed E-state index contributed by atoms with van der Waals surface area (Å²) in [4.78, 5) is 0. The maximum atomic E-state index is 9.95. The Morgan fingerprint density at radius 3 is 2.89 bits per heavy atom. The Morgan fingerprint density at radius 1 is 1.28 bits per heavy atom. The molecule has 18 heavy (non-hydrogen) atoms. The van der Waals surface area contributed by atoms with Gasteiger partial charge in [0, 0.05) is 12.1 Å². The maximum Gasteiger partial charge on any atom is 0.122 e. The lowest BCUT2D eigenvalue weighted by molar-refractivity contribution is 0.318. The number of fused-ring (bicyclic) bond motifs is 2. The lowest BCUT2D eigenvalue weighted by Crippen LogP contribution is -2.26. The van der Waals surface area contributed by atoms with Crippen LogP contribution in [0.5, 0.6) is 5.75 Å². The molecule has 1 aromatic rings. The summed E-state index contributed by atoms with van der Waals surface area (Å²) in [5.74, 6) is 3.34. The Balaban J connectivity index is 1.51. The quantitative estimate of drug-likeness (QED) is 0.853. The van der Waals surface area contributed by atoms with Crippen molar-refractivity contribution in [2.75, 3.05) is 6.54 Å². The minimum atomic E-state index is 0.456. The molecule has 0 heterocycles. The van der Waals surface area contributed by atoms with Gasteiger partial charge in [0.25, 0.3) is 0 Å². The van der Waals surface area contributed by atoms with E-state index in [1.165, 1.54) is 25.7 Å². The van der Waals surface area contributed by atoms with Crippen molar-refractivity contribution >= 4 is 0 Å². The lowest BCUT2D eigenvalue weighted by Gasteiger charge is -2.22. The van der Waals surface area contributed by atoms with Gasteiger partial charge in [0.1, 0.15) is 5.75 Å². The van der Waals surface area contributed by atoms with Crippen molar-refractivity contribution < 1.29 is 5.11 Å². The summed E-state index contributed by atoms with van der Waals surface area (Å²) in [6.45, 7) is 3.87. The molecule has 98 valence electrons.